The van der Waals surface area contributed by atoms with Crippen LogP contribution in [-0.2, 0) is 40.9 Å². The van der Waals surface area contributed by atoms with Gasteiger partial charge < -0.3 is 9.84 Å². The van der Waals surface area contributed by atoms with E-state index in [1.54, 1.807) is 18.2 Å². The number of fused-ring (bicyclic) bond motifs is 1. The van der Waals surface area contributed by atoms with Crippen LogP contribution in [0.3, 0.4) is 0 Å². The lowest BCUT2D eigenvalue weighted by molar-refractivity contribution is -0.139. The van der Waals surface area contributed by atoms with Crippen LogP contribution in [0.15, 0.2) is 51.1 Å². The number of benzene rings is 2. The average molecular weight is 532 g/mol. The SMILES string of the molecule is CN([C@@H]1CCCc2c(OCC(=O)O)cccc21)S(=O)(=O)c1cc(S(C)(=O)=O)cc(S(C)(=O)=O)c1. The van der Waals surface area contributed by atoms with Crippen molar-refractivity contribution in [2.75, 3.05) is 26.2 Å². The van der Waals surface area contributed by atoms with Gasteiger partial charge in [0.2, 0.25) is 10.0 Å². The van der Waals surface area contributed by atoms with Crippen LogP contribution in [-0.4, -0.2) is 66.8 Å². The molecule has 0 heterocycles. The first-order valence-corrected chi connectivity index (χ1v) is 15.3. The number of carbonyl (C=O) groups is 1. The first kappa shape index (κ1) is 26.1. The number of hydrogen-bond donors (Lipinski definition) is 1. The zero-order chi connectivity index (χ0) is 25.5. The Kier molecular flexibility index (Phi) is 7.14. The Morgan fingerprint density at radius 2 is 1.56 bits per heavy atom. The maximum absolute atomic E-state index is 13.5. The highest BCUT2D eigenvalue weighted by Crippen LogP contribution is 2.40. The highest BCUT2D eigenvalue weighted by atomic mass is 32.2. The molecule has 10 nitrogen and oxygen atoms in total. The third-order valence-electron chi connectivity index (χ3n) is 5.61. The van der Waals surface area contributed by atoms with Crippen molar-refractivity contribution >= 4 is 35.7 Å². The van der Waals surface area contributed by atoms with E-state index in [2.05, 4.69) is 0 Å². The van der Waals surface area contributed by atoms with E-state index in [0.717, 1.165) is 35.0 Å². The second-order valence-corrected chi connectivity index (χ2v) is 14.1. The normalized spacial score (nSPS) is 16.8. The molecule has 0 saturated heterocycles. The van der Waals surface area contributed by atoms with Crippen molar-refractivity contribution in [3.63, 3.8) is 0 Å². The maximum atomic E-state index is 13.5. The lowest BCUT2D eigenvalue weighted by Gasteiger charge is -2.33. The van der Waals surface area contributed by atoms with Crippen molar-refractivity contribution in [2.45, 2.75) is 40.0 Å². The molecule has 2 aromatic rings. The maximum Gasteiger partial charge on any atom is 0.341 e. The van der Waals surface area contributed by atoms with Crippen LogP contribution < -0.4 is 4.74 Å². The molecule has 1 atom stereocenters. The lowest BCUT2D eigenvalue weighted by Crippen LogP contribution is -2.33. The van der Waals surface area contributed by atoms with E-state index in [9.17, 15) is 30.0 Å². The molecule has 0 aliphatic heterocycles. The van der Waals surface area contributed by atoms with Gasteiger partial charge in [-0.05, 0) is 54.7 Å². The fourth-order valence-corrected chi connectivity index (χ4v) is 6.93. The number of rotatable bonds is 8. The zero-order valence-corrected chi connectivity index (χ0v) is 21.2. The minimum atomic E-state index is -4.32. The quantitative estimate of drug-likeness (QED) is 0.536. The summed E-state index contributed by atoms with van der Waals surface area (Å²) in [6.07, 6.45) is 3.35. The Morgan fingerprint density at radius 1 is 1.00 bits per heavy atom. The zero-order valence-electron chi connectivity index (χ0n) is 18.8. The summed E-state index contributed by atoms with van der Waals surface area (Å²) < 4.78 is 82.0. The highest BCUT2D eigenvalue weighted by molar-refractivity contribution is 7.92. The third kappa shape index (κ3) is 5.43. The Morgan fingerprint density at radius 3 is 2.09 bits per heavy atom. The number of nitrogens with zero attached hydrogens (tertiary/aromatic N) is 1. The monoisotopic (exact) mass is 531 g/mol. The summed E-state index contributed by atoms with van der Waals surface area (Å²) in [6.45, 7) is -0.540. The summed E-state index contributed by atoms with van der Waals surface area (Å²) in [6, 6.07) is 7.18. The molecule has 0 saturated carbocycles. The van der Waals surface area contributed by atoms with Crippen LogP contribution in [0.1, 0.15) is 30.0 Å². The van der Waals surface area contributed by atoms with Gasteiger partial charge in [-0.15, -0.1) is 0 Å². The van der Waals surface area contributed by atoms with Crippen molar-refractivity contribution in [1.29, 1.82) is 0 Å². The fraction of sp³-hybridized carbons (Fsp3) is 0.381. The van der Waals surface area contributed by atoms with Gasteiger partial charge in [0.25, 0.3) is 0 Å². The average Bonchev–Trinajstić information content (AvgIpc) is 2.75. The standard InChI is InChI=1S/C21H25NO9S3/c1-22(19-8-4-7-18-17(19)6-5-9-20(18)31-13-21(23)24)34(29,30)16-11-14(32(2,25)26)10-15(12-16)33(3,27)28/h5-6,9-12,19H,4,7-8,13H2,1-3H3,(H,23,24)/t19-/m1/s1. The molecule has 1 aliphatic rings. The molecular weight excluding hydrogens is 506 g/mol. The van der Waals surface area contributed by atoms with Gasteiger partial charge in [0.15, 0.2) is 26.3 Å². The van der Waals surface area contributed by atoms with E-state index in [1.165, 1.54) is 7.05 Å². The van der Waals surface area contributed by atoms with Crippen molar-refractivity contribution in [1.82, 2.24) is 4.31 Å². The highest BCUT2D eigenvalue weighted by Gasteiger charge is 2.34. The molecule has 0 radical (unpaired) electrons. The smallest absolute Gasteiger partial charge is 0.341 e. The molecular formula is C21H25NO9S3. The number of hydrogen-bond acceptors (Lipinski definition) is 8. The number of sulfone groups is 2. The van der Waals surface area contributed by atoms with E-state index < -0.39 is 63.0 Å². The molecule has 0 fully saturated rings. The summed E-state index contributed by atoms with van der Waals surface area (Å²) in [5, 5.41) is 8.91. The second-order valence-electron chi connectivity index (χ2n) is 8.12. The molecule has 0 unspecified atom stereocenters. The Labute approximate surface area is 199 Å². The minimum absolute atomic E-state index is 0.355. The summed E-state index contributed by atoms with van der Waals surface area (Å²) in [5.74, 6) is -0.786. The van der Waals surface area contributed by atoms with E-state index in [4.69, 9.17) is 9.84 Å². The fourth-order valence-electron chi connectivity index (χ4n) is 3.90. The van der Waals surface area contributed by atoms with E-state index in [-0.39, 0.29) is 0 Å². The predicted octanol–water partition coefficient (Wildman–Crippen LogP) is 1.66. The predicted molar refractivity (Wildman–Crippen MR) is 123 cm³/mol. The van der Waals surface area contributed by atoms with Crippen molar-refractivity contribution < 1.29 is 39.9 Å². The molecule has 3 rings (SSSR count). The first-order valence-electron chi connectivity index (χ1n) is 10.1. The largest absolute Gasteiger partial charge is 0.482 e. The molecule has 1 aliphatic carbocycles. The molecule has 13 heteroatoms. The van der Waals surface area contributed by atoms with Gasteiger partial charge in [0, 0.05) is 19.6 Å². The van der Waals surface area contributed by atoms with E-state index in [1.807, 2.05) is 0 Å². The molecule has 186 valence electrons. The molecule has 0 spiro atoms. The van der Waals surface area contributed by atoms with Crippen molar-refractivity contribution in [3.8, 4) is 5.75 Å². The third-order valence-corrected chi connectivity index (χ3v) is 9.64. The molecule has 0 bridgehead atoms. The van der Waals surface area contributed by atoms with Crippen molar-refractivity contribution in [3.05, 3.63) is 47.5 Å². The number of sulfonamides is 1. The number of carboxylic acid groups (broad SMARTS) is 1. The van der Waals surface area contributed by atoms with Crippen molar-refractivity contribution in [2.24, 2.45) is 0 Å². The van der Waals surface area contributed by atoms with Gasteiger partial charge in [0.1, 0.15) is 5.75 Å². The topological polar surface area (TPSA) is 152 Å². The molecule has 34 heavy (non-hydrogen) atoms. The molecule has 2 aromatic carbocycles. The van der Waals surface area contributed by atoms with Gasteiger partial charge in [-0.3, -0.25) is 0 Å². The van der Waals surface area contributed by atoms with Gasteiger partial charge in [0.05, 0.1) is 20.7 Å². The minimum Gasteiger partial charge on any atom is -0.482 e. The molecule has 0 aromatic heterocycles. The van der Waals surface area contributed by atoms with Crippen LogP contribution >= 0.6 is 0 Å². The van der Waals surface area contributed by atoms with Crippen LogP contribution in [0.2, 0.25) is 0 Å². The Bertz CT molecular complexity index is 1400. The second kappa shape index (κ2) is 9.29. The van der Waals surface area contributed by atoms with E-state index in [0.29, 0.717) is 36.1 Å². The lowest BCUT2D eigenvalue weighted by atomic mass is 9.87. The van der Waals surface area contributed by atoms with Crippen LogP contribution in [0.5, 0.6) is 5.75 Å². The summed E-state index contributed by atoms with van der Waals surface area (Å²) in [4.78, 5) is 9.60. The Balaban J connectivity index is 2.09. The first-order chi connectivity index (χ1) is 15.6. The van der Waals surface area contributed by atoms with Gasteiger partial charge in [-0.2, -0.15) is 4.31 Å². The summed E-state index contributed by atoms with van der Waals surface area (Å²) >= 11 is 0. The summed E-state index contributed by atoms with van der Waals surface area (Å²) in [5.41, 5.74) is 1.34. The number of ether oxygens (including phenoxy) is 1. The van der Waals surface area contributed by atoms with Crippen LogP contribution in [0.25, 0.3) is 0 Å². The van der Waals surface area contributed by atoms with Gasteiger partial charge >= 0.3 is 5.97 Å². The van der Waals surface area contributed by atoms with E-state index >= 15 is 0 Å². The summed E-state index contributed by atoms with van der Waals surface area (Å²) in [7, 11) is -10.8. The van der Waals surface area contributed by atoms with Gasteiger partial charge in [-0.1, -0.05) is 12.1 Å². The van der Waals surface area contributed by atoms with Gasteiger partial charge in [-0.25, -0.2) is 30.0 Å². The molecule has 0 amide bonds. The van der Waals surface area contributed by atoms with Crippen LogP contribution in [0, 0.1) is 0 Å². The van der Waals surface area contributed by atoms with Crippen LogP contribution in [0.4, 0.5) is 0 Å². The number of aliphatic carboxylic acids is 1. The molecule has 1 N–H and O–H groups in total. The number of carboxylic acids is 1. The Hall–Kier alpha value is -2.48.